The maximum atomic E-state index is 4.65. The third kappa shape index (κ3) is 5.22. The summed E-state index contributed by atoms with van der Waals surface area (Å²) in [4.78, 5) is 38.4. The summed E-state index contributed by atoms with van der Waals surface area (Å²) in [6.45, 7) is 0. The highest BCUT2D eigenvalue weighted by molar-refractivity contribution is 5.84. The summed E-state index contributed by atoms with van der Waals surface area (Å²) < 4.78 is 0. The largest absolute Gasteiger partial charge is 0.263 e. The molecule has 7 rings (SSSR count). The third-order valence-corrected chi connectivity index (χ3v) is 6.85. The molecule has 0 spiro atoms. The average molecular weight is 544 g/mol. The van der Waals surface area contributed by atoms with Crippen LogP contribution in [-0.4, -0.2) is 44.9 Å². The second-order valence-electron chi connectivity index (χ2n) is 9.57. The molecule has 0 unspecified atom stereocenters. The highest BCUT2D eigenvalue weighted by Crippen LogP contribution is 2.36. The van der Waals surface area contributed by atoms with Gasteiger partial charge in [-0.05, 0) is 75.8 Å². The first-order valence-corrected chi connectivity index (χ1v) is 13.1. The van der Waals surface area contributed by atoms with Gasteiger partial charge in [-0.2, -0.15) is 0 Å². The fourth-order valence-electron chi connectivity index (χ4n) is 4.80. The molecular formula is C33H21N9. The van der Waals surface area contributed by atoms with Crippen molar-refractivity contribution in [1.82, 2.24) is 44.9 Å². The van der Waals surface area contributed by atoms with Crippen LogP contribution in [0.3, 0.4) is 0 Å². The molecule has 9 nitrogen and oxygen atoms in total. The minimum atomic E-state index is 0.911. The molecule has 42 heavy (non-hydrogen) atoms. The zero-order valence-corrected chi connectivity index (χ0v) is 22.1. The molecule has 5 aromatic heterocycles. The van der Waals surface area contributed by atoms with E-state index in [1.807, 2.05) is 12.4 Å². The van der Waals surface area contributed by atoms with Crippen LogP contribution in [0.1, 0.15) is 0 Å². The van der Waals surface area contributed by atoms with Gasteiger partial charge in [-0.3, -0.25) is 4.98 Å². The van der Waals surface area contributed by atoms with E-state index in [2.05, 4.69) is 87.3 Å². The molecule has 0 bridgehead atoms. The molecular weight excluding hydrogens is 522 g/mol. The molecule has 0 fully saturated rings. The quantitative estimate of drug-likeness (QED) is 0.240. The predicted octanol–water partition coefficient (Wildman–Crippen LogP) is 6.24. The molecule has 7 aromatic rings. The van der Waals surface area contributed by atoms with Crippen molar-refractivity contribution in [2.24, 2.45) is 0 Å². The lowest BCUT2D eigenvalue weighted by molar-refractivity contribution is 1.17. The van der Waals surface area contributed by atoms with Gasteiger partial charge in [0, 0.05) is 95.3 Å². The van der Waals surface area contributed by atoms with E-state index in [1.165, 1.54) is 25.3 Å². The zero-order chi connectivity index (χ0) is 28.1. The van der Waals surface area contributed by atoms with E-state index in [4.69, 9.17) is 0 Å². The van der Waals surface area contributed by atoms with E-state index in [0.29, 0.717) is 0 Å². The summed E-state index contributed by atoms with van der Waals surface area (Å²) >= 11 is 0. The number of hydrogen-bond acceptors (Lipinski definition) is 9. The summed E-state index contributed by atoms with van der Waals surface area (Å²) in [5.74, 6) is 0. The van der Waals surface area contributed by atoms with Gasteiger partial charge in [0.05, 0.1) is 0 Å². The van der Waals surface area contributed by atoms with Gasteiger partial charge < -0.3 is 0 Å². The Morgan fingerprint density at radius 3 is 0.643 bits per heavy atom. The van der Waals surface area contributed by atoms with Crippen molar-refractivity contribution in [2.75, 3.05) is 0 Å². The van der Waals surface area contributed by atoms with Crippen LogP contribution in [-0.2, 0) is 0 Å². The Morgan fingerprint density at radius 1 is 0.190 bits per heavy atom. The molecule has 0 atom stereocenters. The van der Waals surface area contributed by atoms with Gasteiger partial charge in [-0.25, -0.2) is 39.9 Å². The minimum absolute atomic E-state index is 0.911. The molecule has 0 radical (unpaired) electrons. The molecule has 0 saturated carbocycles. The lowest BCUT2D eigenvalue weighted by Gasteiger charge is -2.13. The number of hydrogen-bond donors (Lipinski definition) is 0. The highest BCUT2D eigenvalue weighted by atomic mass is 14.8. The van der Waals surface area contributed by atoms with Gasteiger partial charge in [-0.15, -0.1) is 0 Å². The molecule has 9 heteroatoms. The van der Waals surface area contributed by atoms with Crippen LogP contribution in [0.4, 0.5) is 0 Å². The predicted molar refractivity (Wildman–Crippen MR) is 159 cm³/mol. The maximum Gasteiger partial charge on any atom is 0.115 e. The van der Waals surface area contributed by atoms with Gasteiger partial charge in [0.15, 0.2) is 0 Å². The van der Waals surface area contributed by atoms with Crippen LogP contribution in [0.2, 0.25) is 0 Å². The topological polar surface area (TPSA) is 116 Å². The second kappa shape index (κ2) is 11.2. The van der Waals surface area contributed by atoms with E-state index in [1.54, 1.807) is 49.6 Å². The maximum absolute atomic E-state index is 4.65. The van der Waals surface area contributed by atoms with Crippen LogP contribution in [0, 0.1) is 0 Å². The fraction of sp³-hybridized carbons (Fsp3) is 0. The SMILES string of the molecule is c1ncc(-c2cc(-c3cncnc3)cc(-c3cncc(-c4cc(-c5cncnc5)cc(-c5cncnc5)c4)c3)c2)cn1. The standard InChI is InChI=1S/C33H21N9/c1-22(2-25(31-12-37-19-38-13-31)5-24(1)30-10-35-18-36-11-30)28-7-29(9-34-8-28)23-3-26(32-14-39-20-40-15-32)6-27(4-23)33-16-41-21-42-17-33/h1-21H. The van der Waals surface area contributed by atoms with Gasteiger partial charge in [-0.1, -0.05) is 0 Å². The molecule has 2 aromatic carbocycles. The minimum Gasteiger partial charge on any atom is -0.263 e. The summed E-state index contributed by atoms with van der Waals surface area (Å²) in [5, 5.41) is 0. The van der Waals surface area contributed by atoms with Gasteiger partial charge in [0.2, 0.25) is 0 Å². The van der Waals surface area contributed by atoms with Crippen molar-refractivity contribution in [3.05, 3.63) is 130 Å². The zero-order valence-electron chi connectivity index (χ0n) is 22.1. The van der Waals surface area contributed by atoms with Crippen LogP contribution in [0.25, 0.3) is 66.8 Å². The normalized spacial score (nSPS) is 10.9. The van der Waals surface area contributed by atoms with Crippen molar-refractivity contribution in [3.8, 4) is 66.8 Å². The van der Waals surface area contributed by atoms with Crippen LogP contribution in [0.5, 0.6) is 0 Å². The first kappa shape index (κ1) is 24.9. The Kier molecular flexibility index (Phi) is 6.63. The molecule has 198 valence electrons. The number of pyridine rings is 1. The Labute approximate surface area is 241 Å². The second-order valence-corrected chi connectivity index (χ2v) is 9.57. The molecule has 0 aliphatic heterocycles. The molecule has 0 amide bonds. The number of aromatic nitrogens is 9. The number of benzene rings is 2. The van der Waals surface area contributed by atoms with Crippen LogP contribution < -0.4 is 0 Å². The molecule has 0 aliphatic rings. The van der Waals surface area contributed by atoms with Crippen molar-refractivity contribution < 1.29 is 0 Å². The van der Waals surface area contributed by atoms with Crippen molar-refractivity contribution >= 4 is 0 Å². The van der Waals surface area contributed by atoms with E-state index in [0.717, 1.165) is 66.8 Å². The Balaban J connectivity index is 1.37. The van der Waals surface area contributed by atoms with E-state index >= 15 is 0 Å². The molecule has 0 saturated heterocycles. The monoisotopic (exact) mass is 543 g/mol. The summed E-state index contributed by atoms with van der Waals surface area (Å²) in [6.07, 6.45) is 24.3. The lowest BCUT2D eigenvalue weighted by atomic mass is 9.93. The van der Waals surface area contributed by atoms with E-state index in [9.17, 15) is 0 Å². The van der Waals surface area contributed by atoms with E-state index in [-0.39, 0.29) is 0 Å². The average Bonchev–Trinajstić information content (AvgIpc) is 3.09. The third-order valence-electron chi connectivity index (χ3n) is 6.85. The Morgan fingerprint density at radius 2 is 0.381 bits per heavy atom. The van der Waals surface area contributed by atoms with Crippen molar-refractivity contribution in [1.29, 1.82) is 0 Å². The summed E-state index contributed by atoms with van der Waals surface area (Å²) in [5.41, 5.74) is 11.5. The van der Waals surface area contributed by atoms with E-state index < -0.39 is 0 Å². The first-order chi connectivity index (χ1) is 20.8. The molecule has 5 heterocycles. The Hall–Kier alpha value is -6.09. The van der Waals surface area contributed by atoms with Crippen molar-refractivity contribution in [3.63, 3.8) is 0 Å². The molecule has 0 N–H and O–H groups in total. The first-order valence-electron chi connectivity index (χ1n) is 13.1. The fourth-order valence-corrected chi connectivity index (χ4v) is 4.80. The Bertz CT molecular complexity index is 1710. The number of nitrogens with zero attached hydrogens (tertiary/aromatic N) is 9. The number of rotatable bonds is 6. The van der Waals surface area contributed by atoms with Gasteiger partial charge in [0.25, 0.3) is 0 Å². The smallest absolute Gasteiger partial charge is 0.115 e. The summed E-state index contributed by atoms with van der Waals surface area (Å²) in [7, 11) is 0. The highest BCUT2D eigenvalue weighted by Gasteiger charge is 2.12. The summed E-state index contributed by atoms with van der Waals surface area (Å²) in [6, 6.07) is 14.8. The van der Waals surface area contributed by atoms with Crippen LogP contribution in [0.15, 0.2) is 130 Å². The lowest BCUT2D eigenvalue weighted by Crippen LogP contribution is -1.91. The van der Waals surface area contributed by atoms with Crippen molar-refractivity contribution in [2.45, 2.75) is 0 Å². The van der Waals surface area contributed by atoms with Crippen LogP contribution >= 0.6 is 0 Å². The van der Waals surface area contributed by atoms with Gasteiger partial charge in [0.1, 0.15) is 25.3 Å². The molecule has 0 aliphatic carbocycles. The van der Waals surface area contributed by atoms with Gasteiger partial charge >= 0.3 is 0 Å².